The van der Waals surface area contributed by atoms with Crippen LogP contribution in [0.4, 0.5) is 0 Å². The molecule has 1 rings (SSSR count). The molecule has 0 bridgehead atoms. The number of carboxylic acid groups (broad SMARTS) is 2. The number of nitrogens with two attached hydrogens (primary N) is 3. The van der Waals surface area contributed by atoms with Crippen LogP contribution in [-0.2, 0) is 24.0 Å². The second-order valence-electron chi connectivity index (χ2n) is 7.29. The number of rotatable bonds is 13. The van der Waals surface area contributed by atoms with E-state index in [1.165, 1.54) is 4.90 Å². The Morgan fingerprint density at radius 2 is 1.75 bits per heavy atom. The molecule has 1 aliphatic rings. The summed E-state index contributed by atoms with van der Waals surface area (Å²) in [4.78, 5) is 64.8. The van der Waals surface area contributed by atoms with E-state index in [1.807, 2.05) is 0 Å². The SMILES string of the molecule is NCC(=O)NC(CCC(=O)O)C(=O)N1CCCC1C(=O)NC(CCCN=C(N)N)C(=O)O. The fourth-order valence-corrected chi connectivity index (χ4v) is 3.31. The third kappa shape index (κ3) is 8.75. The highest BCUT2D eigenvalue weighted by atomic mass is 16.4. The number of carboxylic acids is 2. The third-order valence-corrected chi connectivity index (χ3v) is 4.86. The zero-order valence-corrected chi connectivity index (χ0v) is 17.7. The van der Waals surface area contributed by atoms with Gasteiger partial charge in [0.2, 0.25) is 17.7 Å². The summed E-state index contributed by atoms with van der Waals surface area (Å²) >= 11 is 0. The molecule has 0 aromatic carbocycles. The van der Waals surface area contributed by atoms with Crippen LogP contribution in [0.2, 0.25) is 0 Å². The minimum Gasteiger partial charge on any atom is -0.481 e. The van der Waals surface area contributed by atoms with Crippen LogP contribution in [0.15, 0.2) is 4.99 Å². The zero-order valence-electron chi connectivity index (χ0n) is 17.7. The Balaban J connectivity index is 2.84. The van der Waals surface area contributed by atoms with Gasteiger partial charge in [0.25, 0.3) is 0 Å². The van der Waals surface area contributed by atoms with Crippen molar-refractivity contribution in [3.05, 3.63) is 0 Å². The molecule has 3 atom stereocenters. The summed E-state index contributed by atoms with van der Waals surface area (Å²) in [6.45, 7) is 0.0181. The summed E-state index contributed by atoms with van der Waals surface area (Å²) < 4.78 is 0. The quantitative estimate of drug-likeness (QED) is 0.0834. The Morgan fingerprint density at radius 3 is 2.31 bits per heavy atom. The van der Waals surface area contributed by atoms with Crippen molar-refractivity contribution in [2.75, 3.05) is 19.6 Å². The Bertz CT molecular complexity index is 739. The Kier molecular flexibility index (Phi) is 10.9. The lowest BCUT2D eigenvalue weighted by Crippen LogP contribution is -2.55. The second kappa shape index (κ2) is 13.1. The van der Waals surface area contributed by atoms with Crippen molar-refractivity contribution in [1.82, 2.24) is 15.5 Å². The standard InChI is InChI=1S/C18H31N7O7/c19-9-13(26)23-10(5-6-14(27)28)16(30)25-8-2-4-12(25)15(29)24-11(17(31)32)3-1-7-22-18(20)21/h10-12H,1-9,19H2,(H,23,26)(H,24,29)(H,27,28)(H,31,32)(H4,20,21,22). The van der Waals surface area contributed by atoms with Crippen molar-refractivity contribution in [1.29, 1.82) is 0 Å². The van der Waals surface area contributed by atoms with Crippen LogP contribution in [0.1, 0.15) is 38.5 Å². The molecule has 32 heavy (non-hydrogen) atoms. The predicted octanol–water partition coefficient (Wildman–Crippen LogP) is -3.09. The van der Waals surface area contributed by atoms with E-state index in [0.29, 0.717) is 19.3 Å². The van der Waals surface area contributed by atoms with Gasteiger partial charge in [0.15, 0.2) is 5.96 Å². The second-order valence-corrected chi connectivity index (χ2v) is 7.29. The van der Waals surface area contributed by atoms with Crippen LogP contribution in [0.25, 0.3) is 0 Å². The number of carbonyl (C=O) groups excluding carboxylic acids is 3. The normalized spacial score (nSPS) is 17.2. The Hall–Kier alpha value is -3.42. The van der Waals surface area contributed by atoms with Crippen molar-refractivity contribution in [2.24, 2.45) is 22.2 Å². The molecule has 1 saturated heterocycles. The van der Waals surface area contributed by atoms with Crippen molar-refractivity contribution in [3.63, 3.8) is 0 Å². The minimum absolute atomic E-state index is 0.0757. The Morgan fingerprint density at radius 1 is 1.06 bits per heavy atom. The van der Waals surface area contributed by atoms with Gasteiger partial charge in [0, 0.05) is 19.5 Å². The summed E-state index contributed by atoms with van der Waals surface area (Å²) in [7, 11) is 0. The van der Waals surface area contributed by atoms with Gasteiger partial charge in [-0.15, -0.1) is 0 Å². The highest BCUT2D eigenvalue weighted by molar-refractivity contribution is 5.94. The molecule has 3 amide bonds. The molecule has 1 heterocycles. The van der Waals surface area contributed by atoms with Gasteiger partial charge in [-0.25, -0.2) is 4.79 Å². The summed E-state index contributed by atoms with van der Waals surface area (Å²) in [5.41, 5.74) is 15.7. The van der Waals surface area contributed by atoms with Gasteiger partial charge in [-0.2, -0.15) is 0 Å². The van der Waals surface area contributed by atoms with E-state index in [9.17, 15) is 29.1 Å². The average molecular weight is 457 g/mol. The first-order valence-corrected chi connectivity index (χ1v) is 10.2. The maximum Gasteiger partial charge on any atom is 0.326 e. The number of likely N-dealkylation sites (tertiary alicyclic amines) is 1. The number of nitrogens with zero attached hydrogens (tertiary/aromatic N) is 2. The highest BCUT2D eigenvalue weighted by Gasteiger charge is 2.38. The molecule has 14 nitrogen and oxygen atoms in total. The summed E-state index contributed by atoms with van der Waals surface area (Å²) in [5.74, 6) is -4.42. The molecule has 0 aromatic rings. The number of hydrogen-bond donors (Lipinski definition) is 7. The molecule has 180 valence electrons. The molecule has 0 aromatic heterocycles. The maximum absolute atomic E-state index is 13.0. The summed E-state index contributed by atoms with van der Waals surface area (Å²) in [6, 6.07) is -3.30. The predicted molar refractivity (Wildman–Crippen MR) is 112 cm³/mol. The van der Waals surface area contributed by atoms with Gasteiger partial charge < -0.3 is 42.9 Å². The van der Waals surface area contributed by atoms with E-state index in [0.717, 1.165) is 0 Å². The number of hydrogen-bond acceptors (Lipinski definition) is 7. The molecule has 0 saturated carbocycles. The molecule has 0 spiro atoms. The van der Waals surface area contributed by atoms with Crippen LogP contribution in [-0.4, -0.2) is 88.5 Å². The molecule has 3 unspecified atom stereocenters. The van der Waals surface area contributed by atoms with E-state index in [1.54, 1.807) is 0 Å². The lowest BCUT2D eigenvalue weighted by molar-refractivity contribution is -0.145. The molecule has 0 radical (unpaired) electrons. The van der Waals surface area contributed by atoms with E-state index >= 15 is 0 Å². The highest BCUT2D eigenvalue weighted by Crippen LogP contribution is 2.20. The van der Waals surface area contributed by atoms with Gasteiger partial charge in [0.05, 0.1) is 6.54 Å². The molecule has 1 aliphatic heterocycles. The monoisotopic (exact) mass is 457 g/mol. The first-order chi connectivity index (χ1) is 15.1. The fraction of sp³-hybridized carbons (Fsp3) is 0.667. The van der Waals surface area contributed by atoms with E-state index in [4.69, 9.17) is 22.3 Å². The molecule has 1 fully saturated rings. The first-order valence-electron chi connectivity index (χ1n) is 10.2. The van der Waals surface area contributed by atoms with E-state index in [-0.39, 0.29) is 44.9 Å². The molecule has 0 aliphatic carbocycles. The number of guanidine groups is 1. The lowest BCUT2D eigenvalue weighted by Gasteiger charge is -2.29. The number of carbonyl (C=O) groups is 5. The van der Waals surface area contributed by atoms with Gasteiger partial charge in [-0.3, -0.25) is 24.2 Å². The smallest absolute Gasteiger partial charge is 0.326 e. The first kappa shape index (κ1) is 26.6. The van der Waals surface area contributed by atoms with E-state index < -0.39 is 47.8 Å². The maximum atomic E-state index is 13.0. The van der Waals surface area contributed by atoms with Crippen molar-refractivity contribution in [3.8, 4) is 0 Å². The van der Waals surface area contributed by atoms with Crippen LogP contribution >= 0.6 is 0 Å². The molecule has 14 heteroatoms. The van der Waals surface area contributed by atoms with Crippen molar-refractivity contribution < 1.29 is 34.2 Å². The van der Waals surface area contributed by atoms with Crippen LogP contribution in [0.5, 0.6) is 0 Å². The summed E-state index contributed by atoms with van der Waals surface area (Å²) in [5, 5.41) is 23.1. The van der Waals surface area contributed by atoms with Gasteiger partial charge >= 0.3 is 11.9 Å². The van der Waals surface area contributed by atoms with Crippen molar-refractivity contribution in [2.45, 2.75) is 56.7 Å². The third-order valence-electron chi connectivity index (χ3n) is 4.86. The van der Waals surface area contributed by atoms with Gasteiger partial charge in [-0.05, 0) is 32.1 Å². The number of amides is 3. The van der Waals surface area contributed by atoms with E-state index in [2.05, 4.69) is 15.6 Å². The van der Waals surface area contributed by atoms with Crippen LogP contribution in [0, 0.1) is 0 Å². The molecule has 10 N–H and O–H groups in total. The number of aliphatic imine (C=N–C) groups is 1. The zero-order chi connectivity index (χ0) is 24.3. The van der Waals surface area contributed by atoms with Gasteiger partial charge in [-0.1, -0.05) is 0 Å². The largest absolute Gasteiger partial charge is 0.481 e. The molecular formula is C18H31N7O7. The minimum atomic E-state index is -1.24. The van der Waals surface area contributed by atoms with Crippen LogP contribution in [0.3, 0.4) is 0 Å². The van der Waals surface area contributed by atoms with Crippen LogP contribution < -0.4 is 27.8 Å². The number of aliphatic carboxylic acids is 2. The topological polar surface area (TPSA) is 244 Å². The lowest BCUT2D eigenvalue weighted by atomic mass is 10.1. The Labute approximate surface area is 184 Å². The van der Waals surface area contributed by atoms with Crippen molar-refractivity contribution >= 4 is 35.6 Å². The fourth-order valence-electron chi connectivity index (χ4n) is 3.31. The summed E-state index contributed by atoms with van der Waals surface area (Å²) in [6.07, 6.45) is 0.629. The average Bonchev–Trinajstić information content (AvgIpc) is 3.21. The number of nitrogens with one attached hydrogen (secondary N) is 2. The molecular weight excluding hydrogens is 426 g/mol. The van der Waals surface area contributed by atoms with Gasteiger partial charge in [0.1, 0.15) is 18.1 Å².